The SMILES string of the molecule is Cc1ccnc(NC(C)CC2CCC2)c1. The molecule has 1 N–H and O–H groups in total. The fraction of sp³-hybridized carbons (Fsp3) is 0.615. The van der Waals surface area contributed by atoms with Crippen LogP contribution in [-0.4, -0.2) is 11.0 Å². The lowest BCUT2D eigenvalue weighted by molar-refractivity contribution is 0.285. The summed E-state index contributed by atoms with van der Waals surface area (Å²) in [6.07, 6.45) is 7.43. The second-order valence-electron chi connectivity index (χ2n) is 4.80. The van der Waals surface area contributed by atoms with Crippen LogP contribution in [0.5, 0.6) is 0 Å². The summed E-state index contributed by atoms with van der Waals surface area (Å²) < 4.78 is 0. The minimum Gasteiger partial charge on any atom is -0.368 e. The first-order valence-corrected chi connectivity index (χ1v) is 5.93. The Hall–Kier alpha value is -1.05. The van der Waals surface area contributed by atoms with Gasteiger partial charge in [0, 0.05) is 12.2 Å². The molecule has 1 atom stereocenters. The number of nitrogens with one attached hydrogen (secondary N) is 1. The minimum atomic E-state index is 0.546. The van der Waals surface area contributed by atoms with Crippen molar-refractivity contribution in [3.8, 4) is 0 Å². The molecular formula is C13H20N2. The molecule has 1 heterocycles. The van der Waals surface area contributed by atoms with E-state index in [1.807, 2.05) is 12.3 Å². The average molecular weight is 204 g/mol. The van der Waals surface area contributed by atoms with Gasteiger partial charge >= 0.3 is 0 Å². The zero-order valence-corrected chi connectivity index (χ0v) is 9.66. The predicted molar refractivity (Wildman–Crippen MR) is 64.0 cm³/mol. The van der Waals surface area contributed by atoms with Gasteiger partial charge in [0.25, 0.3) is 0 Å². The van der Waals surface area contributed by atoms with Gasteiger partial charge < -0.3 is 5.32 Å². The second-order valence-corrected chi connectivity index (χ2v) is 4.80. The van der Waals surface area contributed by atoms with Crippen LogP contribution < -0.4 is 5.32 Å². The zero-order valence-electron chi connectivity index (χ0n) is 9.66. The van der Waals surface area contributed by atoms with Crippen LogP contribution in [0, 0.1) is 12.8 Å². The van der Waals surface area contributed by atoms with E-state index < -0.39 is 0 Å². The van der Waals surface area contributed by atoms with Crippen molar-refractivity contribution in [2.75, 3.05) is 5.32 Å². The van der Waals surface area contributed by atoms with E-state index in [2.05, 4.69) is 30.2 Å². The Morgan fingerprint density at radius 3 is 2.93 bits per heavy atom. The third kappa shape index (κ3) is 2.95. The van der Waals surface area contributed by atoms with Gasteiger partial charge in [0.15, 0.2) is 0 Å². The third-order valence-corrected chi connectivity index (χ3v) is 3.22. The Bertz CT molecular complexity index is 318. The van der Waals surface area contributed by atoms with Gasteiger partial charge in [0.1, 0.15) is 5.82 Å². The number of hydrogen-bond donors (Lipinski definition) is 1. The van der Waals surface area contributed by atoms with Gasteiger partial charge in [-0.1, -0.05) is 19.3 Å². The summed E-state index contributed by atoms with van der Waals surface area (Å²) in [5.74, 6) is 1.97. The minimum absolute atomic E-state index is 0.546. The lowest BCUT2D eigenvalue weighted by Gasteiger charge is -2.28. The highest BCUT2D eigenvalue weighted by Gasteiger charge is 2.19. The van der Waals surface area contributed by atoms with E-state index in [4.69, 9.17) is 0 Å². The van der Waals surface area contributed by atoms with Crippen molar-refractivity contribution in [1.82, 2.24) is 4.98 Å². The van der Waals surface area contributed by atoms with E-state index in [-0.39, 0.29) is 0 Å². The zero-order chi connectivity index (χ0) is 10.7. The molecule has 1 aliphatic rings. The molecule has 1 aromatic rings. The largest absolute Gasteiger partial charge is 0.368 e. The maximum absolute atomic E-state index is 4.32. The first-order chi connectivity index (χ1) is 7.24. The summed E-state index contributed by atoms with van der Waals surface area (Å²) in [4.78, 5) is 4.32. The highest BCUT2D eigenvalue weighted by Crippen LogP contribution is 2.30. The number of rotatable bonds is 4. The smallest absolute Gasteiger partial charge is 0.126 e. The van der Waals surface area contributed by atoms with Crippen molar-refractivity contribution < 1.29 is 0 Å². The first kappa shape index (κ1) is 10.5. The van der Waals surface area contributed by atoms with E-state index in [0.717, 1.165) is 11.7 Å². The van der Waals surface area contributed by atoms with Crippen molar-refractivity contribution in [2.24, 2.45) is 5.92 Å². The van der Waals surface area contributed by atoms with Crippen molar-refractivity contribution in [3.05, 3.63) is 23.9 Å². The second kappa shape index (κ2) is 4.65. The maximum Gasteiger partial charge on any atom is 0.126 e. The van der Waals surface area contributed by atoms with Gasteiger partial charge in [-0.05, 0) is 43.9 Å². The fourth-order valence-electron chi connectivity index (χ4n) is 2.15. The lowest BCUT2D eigenvalue weighted by atomic mass is 9.81. The molecule has 2 heteroatoms. The summed E-state index contributed by atoms with van der Waals surface area (Å²) in [6.45, 7) is 4.35. The normalized spacial score (nSPS) is 18.3. The van der Waals surface area contributed by atoms with Gasteiger partial charge in [-0.2, -0.15) is 0 Å². The summed E-state index contributed by atoms with van der Waals surface area (Å²) in [7, 11) is 0. The predicted octanol–water partition coefficient (Wildman–Crippen LogP) is 3.38. The molecule has 15 heavy (non-hydrogen) atoms. The van der Waals surface area contributed by atoms with Crippen LogP contribution in [-0.2, 0) is 0 Å². The summed E-state index contributed by atoms with van der Waals surface area (Å²) in [5.41, 5.74) is 1.27. The van der Waals surface area contributed by atoms with Crippen LogP contribution in [0.2, 0.25) is 0 Å². The van der Waals surface area contributed by atoms with Crippen LogP contribution in [0.25, 0.3) is 0 Å². The van der Waals surface area contributed by atoms with E-state index in [1.165, 1.54) is 31.2 Å². The number of nitrogens with zero attached hydrogens (tertiary/aromatic N) is 1. The van der Waals surface area contributed by atoms with Crippen LogP contribution >= 0.6 is 0 Å². The monoisotopic (exact) mass is 204 g/mol. The van der Waals surface area contributed by atoms with Crippen molar-refractivity contribution in [1.29, 1.82) is 0 Å². The van der Waals surface area contributed by atoms with E-state index in [1.54, 1.807) is 0 Å². The summed E-state index contributed by atoms with van der Waals surface area (Å²) >= 11 is 0. The Morgan fingerprint density at radius 2 is 2.33 bits per heavy atom. The summed E-state index contributed by atoms with van der Waals surface area (Å²) in [5, 5.41) is 3.47. The molecule has 2 nitrogen and oxygen atoms in total. The maximum atomic E-state index is 4.32. The lowest BCUT2D eigenvalue weighted by Crippen LogP contribution is -2.23. The highest BCUT2D eigenvalue weighted by atomic mass is 15.0. The Labute approximate surface area is 92.1 Å². The van der Waals surface area contributed by atoms with Gasteiger partial charge in [0.2, 0.25) is 0 Å². The molecule has 82 valence electrons. The molecule has 0 aliphatic heterocycles. The molecule has 1 aliphatic carbocycles. The molecule has 0 radical (unpaired) electrons. The van der Waals surface area contributed by atoms with Gasteiger partial charge in [-0.15, -0.1) is 0 Å². The van der Waals surface area contributed by atoms with Gasteiger partial charge in [-0.25, -0.2) is 4.98 Å². The molecule has 0 amide bonds. The number of hydrogen-bond acceptors (Lipinski definition) is 2. The molecule has 1 aromatic heterocycles. The van der Waals surface area contributed by atoms with Crippen LogP contribution in [0.15, 0.2) is 18.3 Å². The molecule has 0 aromatic carbocycles. The fourth-order valence-corrected chi connectivity index (χ4v) is 2.15. The molecule has 0 bridgehead atoms. The van der Waals surface area contributed by atoms with E-state index >= 15 is 0 Å². The van der Waals surface area contributed by atoms with Crippen molar-refractivity contribution in [3.63, 3.8) is 0 Å². The molecule has 1 saturated carbocycles. The third-order valence-electron chi connectivity index (χ3n) is 3.22. The highest BCUT2D eigenvalue weighted by molar-refractivity contribution is 5.37. The Balaban J connectivity index is 1.84. The van der Waals surface area contributed by atoms with Crippen molar-refractivity contribution in [2.45, 2.75) is 45.6 Å². The quantitative estimate of drug-likeness (QED) is 0.813. The summed E-state index contributed by atoms with van der Waals surface area (Å²) in [6, 6.07) is 4.68. The van der Waals surface area contributed by atoms with Gasteiger partial charge in [-0.3, -0.25) is 0 Å². The number of pyridine rings is 1. The van der Waals surface area contributed by atoms with Gasteiger partial charge in [0.05, 0.1) is 0 Å². The van der Waals surface area contributed by atoms with E-state index in [9.17, 15) is 0 Å². The first-order valence-electron chi connectivity index (χ1n) is 5.93. The van der Waals surface area contributed by atoms with Crippen LogP contribution in [0.4, 0.5) is 5.82 Å². The van der Waals surface area contributed by atoms with E-state index in [0.29, 0.717) is 6.04 Å². The number of aromatic nitrogens is 1. The Kier molecular flexibility index (Phi) is 3.24. The Morgan fingerprint density at radius 1 is 1.53 bits per heavy atom. The average Bonchev–Trinajstić information content (AvgIpc) is 2.11. The van der Waals surface area contributed by atoms with Crippen molar-refractivity contribution >= 4 is 5.82 Å². The number of aryl methyl sites for hydroxylation is 1. The van der Waals surface area contributed by atoms with Crippen LogP contribution in [0.1, 0.15) is 38.2 Å². The number of anilines is 1. The molecule has 0 saturated heterocycles. The molecule has 0 spiro atoms. The molecule has 1 unspecified atom stereocenters. The molecular weight excluding hydrogens is 184 g/mol. The molecule has 1 fully saturated rings. The standard InChI is InChI=1S/C13H20N2/c1-10-6-7-14-13(8-10)15-11(2)9-12-4-3-5-12/h6-8,11-12H,3-5,9H2,1-2H3,(H,14,15). The van der Waals surface area contributed by atoms with Crippen LogP contribution in [0.3, 0.4) is 0 Å². The topological polar surface area (TPSA) is 24.9 Å². The molecule has 2 rings (SSSR count).